The Morgan fingerprint density at radius 2 is 2.06 bits per heavy atom. The summed E-state index contributed by atoms with van der Waals surface area (Å²) in [5.74, 6) is 0. The smallest absolute Gasteiger partial charge is 0.245 e. The number of hydrogen-bond acceptors (Lipinski definition) is 5. The molecule has 0 atom stereocenters. The molecule has 0 aliphatic rings. The van der Waals surface area contributed by atoms with E-state index >= 15 is 0 Å². The van der Waals surface area contributed by atoms with Gasteiger partial charge >= 0.3 is 0 Å². The van der Waals surface area contributed by atoms with Crippen molar-refractivity contribution in [3.8, 4) is 11.4 Å². The lowest BCUT2D eigenvalue weighted by Gasteiger charge is -2.00. The van der Waals surface area contributed by atoms with Crippen LogP contribution in [0.25, 0.3) is 28.3 Å². The molecule has 0 aromatic carbocycles. The van der Waals surface area contributed by atoms with E-state index in [2.05, 4.69) is 19.9 Å². The Morgan fingerprint density at radius 3 is 3.06 bits per heavy atom. The first-order valence-electron chi connectivity index (χ1n) is 5.39. The Bertz CT molecular complexity index is 776. The van der Waals surface area contributed by atoms with E-state index < -0.39 is 0 Å². The van der Waals surface area contributed by atoms with E-state index in [0.29, 0.717) is 11.4 Å². The molecule has 4 rings (SSSR count). The fourth-order valence-corrected chi connectivity index (χ4v) is 1.84. The van der Waals surface area contributed by atoms with E-state index in [4.69, 9.17) is 4.42 Å². The molecular weight excluding hydrogens is 230 g/mol. The highest BCUT2D eigenvalue weighted by atomic mass is 16.3. The van der Waals surface area contributed by atoms with Gasteiger partial charge in [-0.2, -0.15) is 0 Å². The van der Waals surface area contributed by atoms with Gasteiger partial charge in [0.05, 0.1) is 18.7 Å². The highest BCUT2D eigenvalue weighted by Gasteiger charge is 2.06. The van der Waals surface area contributed by atoms with Gasteiger partial charge in [-0.15, -0.1) is 0 Å². The molecule has 0 radical (unpaired) electrons. The fraction of sp³-hybridized carbons (Fsp3) is 0. The van der Waals surface area contributed by atoms with Gasteiger partial charge in [-0.25, -0.2) is 19.9 Å². The first-order chi connectivity index (χ1) is 8.90. The molecule has 0 aliphatic heterocycles. The third kappa shape index (κ3) is 1.29. The van der Waals surface area contributed by atoms with Crippen molar-refractivity contribution in [2.45, 2.75) is 0 Å². The summed E-state index contributed by atoms with van der Waals surface area (Å²) in [7, 11) is 0. The van der Waals surface area contributed by atoms with Crippen molar-refractivity contribution in [2.24, 2.45) is 0 Å². The van der Waals surface area contributed by atoms with Crippen LogP contribution in [0.3, 0.4) is 0 Å². The summed E-state index contributed by atoms with van der Waals surface area (Å²) in [5.41, 5.74) is 3.51. The van der Waals surface area contributed by atoms with E-state index in [1.165, 1.54) is 0 Å². The minimum absolute atomic E-state index is 0.530. The maximum atomic E-state index is 5.16. The number of rotatable bonds is 1. The maximum Gasteiger partial charge on any atom is 0.245 e. The molecule has 0 saturated carbocycles. The summed E-state index contributed by atoms with van der Waals surface area (Å²) in [5, 5.41) is 0. The molecule has 18 heavy (non-hydrogen) atoms. The number of hydrogen-bond donors (Lipinski definition) is 0. The SMILES string of the molecule is c1cn2cc(-c3cnc4occc4n3)ncc2n1. The zero-order valence-electron chi connectivity index (χ0n) is 9.19. The van der Waals surface area contributed by atoms with Gasteiger partial charge in [0.2, 0.25) is 5.71 Å². The van der Waals surface area contributed by atoms with Crippen LogP contribution in [0.4, 0.5) is 0 Å². The maximum absolute atomic E-state index is 5.16. The van der Waals surface area contributed by atoms with Crippen molar-refractivity contribution in [3.63, 3.8) is 0 Å². The van der Waals surface area contributed by atoms with Crippen LogP contribution in [0.1, 0.15) is 0 Å². The normalized spacial score (nSPS) is 11.3. The summed E-state index contributed by atoms with van der Waals surface area (Å²) in [4.78, 5) is 17.1. The second-order valence-electron chi connectivity index (χ2n) is 3.83. The topological polar surface area (TPSA) is 69.1 Å². The van der Waals surface area contributed by atoms with Crippen LogP contribution in [0, 0.1) is 0 Å². The molecule has 6 nitrogen and oxygen atoms in total. The lowest BCUT2D eigenvalue weighted by molar-refractivity contribution is 0.602. The Kier molecular flexibility index (Phi) is 1.74. The summed E-state index contributed by atoms with van der Waals surface area (Å²) >= 11 is 0. The van der Waals surface area contributed by atoms with Gasteiger partial charge in [-0.3, -0.25) is 0 Å². The Hall–Kier alpha value is -2.76. The molecule has 0 unspecified atom stereocenters. The van der Waals surface area contributed by atoms with Gasteiger partial charge in [0.15, 0.2) is 5.65 Å². The highest BCUT2D eigenvalue weighted by Crippen LogP contribution is 2.17. The number of imidazole rings is 1. The molecule has 0 spiro atoms. The number of aromatic nitrogens is 5. The van der Waals surface area contributed by atoms with Crippen LogP contribution in [0.5, 0.6) is 0 Å². The number of furan rings is 1. The second kappa shape index (κ2) is 3.36. The second-order valence-corrected chi connectivity index (χ2v) is 3.83. The van der Waals surface area contributed by atoms with Crippen molar-refractivity contribution in [3.05, 3.63) is 43.3 Å². The largest absolute Gasteiger partial charge is 0.445 e. The van der Waals surface area contributed by atoms with Crippen LogP contribution in [0.2, 0.25) is 0 Å². The third-order valence-corrected chi connectivity index (χ3v) is 2.71. The van der Waals surface area contributed by atoms with Crippen molar-refractivity contribution in [2.75, 3.05) is 0 Å². The standard InChI is InChI=1S/C12H7N5O/c1-4-18-12-8(1)16-9(5-15-12)10-7-17-3-2-13-11(17)6-14-10/h1-7H. The van der Waals surface area contributed by atoms with E-state index in [1.54, 1.807) is 30.9 Å². The van der Waals surface area contributed by atoms with Crippen molar-refractivity contribution in [1.29, 1.82) is 0 Å². The van der Waals surface area contributed by atoms with Gasteiger partial charge in [0.1, 0.15) is 16.9 Å². The van der Waals surface area contributed by atoms with Crippen LogP contribution >= 0.6 is 0 Å². The molecule has 0 N–H and O–H groups in total. The molecule has 0 fully saturated rings. The zero-order valence-corrected chi connectivity index (χ0v) is 9.19. The first-order valence-corrected chi connectivity index (χ1v) is 5.39. The van der Waals surface area contributed by atoms with Gasteiger partial charge in [0.25, 0.3) is 0 Å². The van der Waals surface area contributed by atoms with Crippen LogP contribution in [-0.2, 0) is 0 Å². The average molecular weight is 237 g/mol. The van der Waals surface area contributed by atoms with E-state index in [1.807, 2.05) is 16.8 Å². The molecule has 0 aliphatic carbocycles. The zero-order chi connectivity index (χ0) is 11.9. The summed E-state index contributed by atoms with van der Waals surface area (Å²) in [6.45, 7) is 0. The van der Waals surface area contributed by atoms with E-state index in [0.717, 1.165) is 16.9 Å². The summed E-state index contributed by atoms with van der Waals surface area (Å²) in [6.07, 6.45) is 10.4. The quantitative estimate of drug-likeness (QED) is 0.506. The lowest BCUT2D eigenvalue weighted by Crippen LogP contribution is -1.93. The van der Waals surface area contributed by atoms with E-state index in [9.17, 15) is 0 Å². The van der Waals surface area contributed by atoms with Crippen molar-refractivity contribution >= 4 is 16.9 Å². The van der Waals surface area contributed by atoms with Gasteiger partial charge in [-0.1, -0.05) is 0 Å². The average Bonchev–Trinajstić information content (AvgIpc) is 3.05. The molecule has 4 aromatic rings. The molecule has 4 aromatic heterocycles. The Labute approximate surface area is 101 Å². The number of fused-ring (bicyclic) bond motifs is 2. The van der Waals surface area contributed by atoms with Gasteiger partial charge < -0.3 is 8.82 Å². The molecule has 0 bridgehead atoms. The summed E-state index contributed by atoms with van der Waals surface area (Å²) in [6, 6.07) is 1.78. The van der Waals surface area contributed by atoms with Crippen LogP contribution < -0.4 is 0 Å². The Balaban J connectivity index is 1.93. The van der Waals surface area contributed by atoms with E-state index in [-0.39, 0.29) is 0 Å². The number of nitrogens with zero attached hydrogens (tertiary/aromatic N) is 5. The Morgan fingerprint density at radius 1 is 1.06 bits per heavy atom. The third-order valence-electron chi connectivity index (χ3n) is 2.71. The molecule has 86 valence electrons. The minimum Gasteiger partial charge on any atom is -0.445 e. The molecule has 0 saturated heterocycles. The van der Waals surface area contributed by atoms with Gasteiger partial charge in [-0.05, 0) is 0 Å². The van der Waals surface area contributed by atoms with Crippen molar-refractivity contribution in [1.82, 2.24) is 24.3 Å². The molecule has 0 amide bonds. The van der Waals surface area contributed by atoms with Crippen LogP contribution in [0.15, 0.2) is 47.7 Å². The predicted octanol–water partition coefficient (Wildman–Crippen LogP) is 1.93. The molecule has 4 heterocycles. The molecule has 6 heteroatoms. The molecular formula is C12H7N5O. The first kappa shape index (κ1) is 9.29. The minimum atomic E-state index is 0.530. The lowest BCUT2D eigenvalue weighted by atomic mass is 10.3. The predicted molar refractivity (Wildman–Crippen MR) is 63.8 cm³/mol. The van der Waals surface area contributed by atoms with Gasteiger partial charge in [0, 0.05) is 24.7 Å². The van der Waals surface area contributed by atoms with Crippen molar-refractivity contribution < 1.29 is 4.42 Å². The highest BCUT2D eigenvalue weighted by molar-refractivity contribution is 5.71. The monoisotopic (exact) mass is 237 g/mol. The van der Waals surface area contributed by atoms with Crippen LogP contribution in [-0.4, -0.2) is 24.3 Å². The summed E-state index contributed by atoms with van der Waals surface area (Å²) < 4.78 is 7.05. The fourth-order valence-electron chi connectivity index (χ4n) is 1.84.